The Labute approximate surface area is 113 Å². The minimum atomic E-state index is 0.776. The highest BCUT2D eigenvalue weighted by Crippen LogP contribution is 2.49. The van der Waals surface area contributed by atoms with Gasteiger partial charge in [-0.1, -0.05) is 6.92 Å². The largest absolute Gasteiger partial charge is 0.313 e. The van der Waals surface area contributed by atoms with Gasteiger partial charge in [-0.25, -0.2) is 0 Å². The van der Waals surface area contributed by atoms with Gasteiger partial charge in [0, 0.05) is 19.1 Å². The molecule has 2 nitrogen and oxygen atoms in total. The van der Waals surface area contributed by atoms with Gasteiger partial charge in [-0.3, -0.25) is 0 Å². The monoisotopic (exact) mass is 250 g/mol. The van der Waals surface area contributed by atoms with Gasteiger partial charge in [0.15, 0.2) is 0 Å². The minimum Gasteiger partial charge on any atom is -0.313 e. The van der Waals surface area contributed by atoms with Crippen molar-refractivity contribution in [3.63, 3.8) is 0 Å². The molecule has 1 unspecified atom stereocenters. The van der Waals surface area contributed by atoms with Crippen LogP contribution in [0.2, 0.25) is 0 Å². The summed E-state index contributed by atoms with van der Waals surface area (Å²) in [5, 5.41) is 3.72. The van der Waals surface area contributed by atoms with Crippen LogP contribution in [-0.2, 0) is 0 Å². The Morgan fingerprint density at radius 1 is 1.11 bits per heavy atom. The van der Waals surface area contributed by atoms with Crippen LogP contribution >= 0.6 is 0 Å². The molecule has 0 aromatic heterocycles. The van der Waals surface area contributed by atoms with Crippen molar-refractivity contribution in [3.05, 3.63) is 0 Å². The zero-order chi connectivity index (χ0) is 12.4. The molecule has 18 heavy (non-hydrogen) atoms. The Kier molecular flexibility index (Phi) is 4.25. The second-order valence-electron chi connectivity index (χ2n) is 6.89. The normalized spacial score (nSPS) is 30.0. The number of hydrogen-bond donors (Lipinski definition) is 1. The summed E-state index contributed by atoms with van der Waals surface area (Å²) in [6.07, 6.45) is 10.2. The van der Waals surface area contributed by atoms with E-state index < -0.39 is 0 Å². The van der Waals surface area contributed by atoms with E-state index in [-0.39, 0.29) is 0 Å². The van der Waals surface area contributed by atoms with Crippen molar-refractivity contribution in [1.82, 2.24) is 10.2 Å². The van der Waals surface area contributed by atoms with Crippen LogP contribution in [0.3, 0.4) is 0 Å². The molecule has 1 heterocycles. The molecule has 1 N–H and O–H groups in total. The van der Waals surface area contributed by atoms with E-state index in [4.69, 9.17) is 0 Å². The van der Waals surface area contributed by atoms with Crippen molar-refractivity contribution < 1.29 is 0 Å². The van der Waals surface area contributed by atoms with Crippen LogP contribution in [0.5, 0.6) is 0 Å². The van der Waals surface area contributed by atoms with E-state index in [1.165, 1.54) is 71.1 Å². The molecular formula is C16H30N2. The number of hydrogen-bond acceptors (Lipinski definition) is 2. The highest BCUT2D eigenvalue weighted by atomic mass is 15.2. The molecular weight excluding hydrogens is 220 g/mol. The van der Waals surface area contributed by atoms with Crippen molar-refractivity contribution in [2.24, 2.45) is 17.8 Å². The molecule has 3 aliphatic rings. The van der Waals surface area contributed by atoms with Crippen LogP contribution in [0.25, 0.3) is 0 Å². The lowest BCUT2D eigenvalue weighted by Crippen LogP contribution is -2.47. The van der Waals surface area contributed by atoms with E-state index in [2.05, 4.69) is 17.1 Å². The topological polar surface area (TPSA) is 15.3 Å². The molecule has 2 saturated carbocycles. The molecule has 1 aliphatic heterocycles. The quantitative estimate of drug-likeness (QED) is 0.747. The van der Waals surface area contributed by atoms with Crippen LogP contribution in [-0.4, -0.2) is 37.1 Å². The fourth-order valence-corrected chi connectivity index (χ4v) is 3.77. The molecule has 2 aliphatic carbocycles. The second-order valence-corrected chi connectivity index (χ2v) is 6.89. The van der Waals surface area contributed by atoms with Crippen LogP contribution in [0.4, 0.5) is 0 Å². The third-order valence-electron chi connectivity index (χ3n) is 5.11. The summed E-state index contributed by atoms with van der Waals surface area (Å²) in [6, 6.07) is 0.776. The van der Waals surface area contributed by atoms with Gasteiger partial charge in [-0.05, 0) is 75.8 Å². The molecule has 1 atom stereocenters. The summed E-state index contributed by atoms with van der Waals surface area (Å²) in [7, 11) is 0. The molecule has 0 aromatic carbocycles. The summed E-state index contributed by atoms with van der Waals surface area (Å²) in [5.41, 5.74) is 0. The number of piperidine rings is 1. The molecule has 104 valence electrons. The fourth-order valence-electron chi connectivity index (χ4n) is 3.77. The van der Waals surface area contributed by atoms with E-state index in [0.29, 0.717) is 0 Å². The fraction of sp³-hybridized carbons (Fsp3) is 1.00. The Balaban J connectivity index is 1.45. The molecule has 0 bridgehead atoms. The first-order chi connectivity index (χ1) is 8.86. The molecule has 3 fully saturated rings. The zero-order valence-electron chi connectivity index (χ0n) is 12.0. The third-order valence-corrected chi connectivity index (χ3v) is 5.11. The summed E-state index contributed by atoms with van der Waals surface area (Å²) in [4.78, 5) is 2.78. The second kappa shape index (κ2) is 5.92. The molecule has 0 spiro atoms. The Morgan fingerprint density at radius 3 is 2.44 bits per heavy atom. The number of likely N-dealkylation sites (tertiary alicyclic amines) is 1. The molecule has 3 rings (SSSR count). The maximum atomic E-state index is 3.72. The van der Waals surface area contributed by atoms with E-state index in [1.54, 1.807) is 0 Å². The maximum Gasteiger partial charge on any atom is 0.0195 e. The number of rotatable bonds is 7. The van der Waals surface area contributed by atoms with Gasteiger partial charge < -0.3 is 10.2 Å². The lowest BCUT2D eigenvalue weighted by molar-refractivity contribution is 0.150. The summed E-state index contributed by atoms with van der Waals surface area (Å²) in [5.74, 6) is 3.29. The lowest BCUT2D eigenvalue weighted by atomic mass is 9.95. The molecule has 2 heteroatoms. The van der Waals surface area contributed by atoms with Crippen molar-refractivity contribution in [3.8, 4) is 0 Å². The average Bonchev–Trinajstić information content (AvgIpc) is 3.28. The van der Waals surface area contributed by atoms with Gasteiger partial charge in [0.2, 0.25) is 0 Å². The predicted octanol–water partition coefficient (Wildman–Crippen LogP) is 2.89. The van der Waals surface area contributed by atoms with Crippen LogP contribution in [0, 0.1) is 17.8 Å². The molecule has 1 saturated heterocycles. The number of nitrogens with one attached hydrogen (secondary N) is 1. The van der Waals surface area contributed by atoms with Gasteiger partial charge in [-0.2, -0.15) is 0 Å². The van der Waals surface area contributed by atoms with Crippen molar-refractivity contribution in [2.75, 3.05) is 26.2 Å². The maximum absolute atomic E-state index is 3.72. The van der Waals surface area contributed by atoms with Gasteiger partial charge in [0.1, 0.15) is 0 Å². The molecule has 0 radical (unpaired) electrons. The van der Waals surface area contributed by atoms with Crippen molar-refractivity contribution in [1.29, 1.82) is 0 Å². The zero-order valence-corrected chi connectivity index (χ0v) is 12.0. The van der Waals surface area contributed by atoms with Crippen molar-refractivity contribution in [2.45, 2.75) is 57.9 Å². The van der Waals surface area contributed by atoms with E-state index in [1.807, 2.05) is 0 Å². The van der Waals surface area contributed by atoms with Gasteiger partial charge in [-0.15, -0.1) is 0 Å². The third kappa shape index (κ3) is 3.48. The summed E-state index contributed by atoms with van der Waals surface area (Å²) in [6.45, 7) is 7.56. The predicted molar refractivity (Wildman–Crippen MR) is 76.7 cm³/mol. The van der Waals surface area contributed by atoms with E-state index in [0.717, 1.165) is 23.8 Å². The number of nitrogens with zero attached hydrogens (tertiary/aromatic N) is 1. The summed E-state index contributed by atoms with van der Waals surface area (Å²) >= 11 is 0. The van der Waals surface area contributed by atoms with Crippen LogP contribution in [0.15, 0.2) is 0 Å². The van der Waals surface area contributed by atoms with Crippen LogP contribution < -0.4 is 5.32 Å². The molecule has 0 aromatic rings. The van der Waals surface area contributed by atoms with Crippen LogP contribution in [0.1, 0.15) is 51.9 Å². The molecule has 0 amide bonds. The Bertz CT molecular complexity index is 246. The lowest BCUT2D eigenvalue weighted by Gasteiger charge is -2.35. The van der Waals surface area contributed by atoms with E-state index in [9.17, 15) is 0 Å². The first-order valence-electron chi connectivity index (χ1n) is 8.32. The standard InChI is InChI=1S/C16H30N2/c1-2-9-17-15-4-3-10-18(11-15)12-16(13-5-6-13)14-7-8-14/h13-17H,2-12H2,1H3. The van der Waals surface area contributed by atoms with E-state index >= 15 is 0 Å². The summed E-state index contributed by atoms with van der Waals surface area (Å²) < 4.78 is 0. The Morgan fingerprint density at radius 2 is 1.83 bits per heavy atom. The first-order valence-corrected chi connectivity index (χ1v) is 8.32. The first kappa shape index (κ1) is 12.9. The van der Waals surface area contributed by atoms with Crippen molar-refractivity contribution >= 4 is 0 Å². The SMILES string of the molecule is CCCNC1CCCN(CC(C2CC2)C2CC2)C1. The van der Waals surface area contributed by atoms with Gasteiger partial charge in [0.05, 0.1) is 0 Å². The smallest absolute Gasteiger partial charge is 0.0195 e. The highest BCUT2D eigenvalue weighted by Gasteiger charge is 2.42. The Hall–Kier alpha value is -0.0800. The highest BCUT2D eigenvalue weighted by molar-refractivity contribution is 4.93. The average molecular weight is 250 g/mol. The van der Waals surface area contributed by atoms with Gasteiger partial charge >= 0.3 is 0 Å². The minimum absolute atomic E-state index is 0.776. The van der Waals surface area contributed by atoms with Gasteiger partial charge in [0.25, 0.3) is 0 Å².